The lowest BCUT2D eigenvalue weighted by molar-refractivity contribution is 0.0638. The van der Waals surface area contributed by atoms with Crippen LogP contribution in [0.5, 0.6) is 0 Å². The van der Waals surface area contributed by atoms with E-state index in [9.17, 15) is 14.0 Å². The highest BCUT2D eigenvalue weighted by Crippen LogP contribution is 2.24. The SMILES string of the molecule is O=C(c1cccs1)C1CCCN(C(=O)c2ccc(F)cc2)C1. The largest absolute Gasteiger partial charge is 0.338 e. The van der Waals surface area contributed by atoms with E-state index in [0.717, 1.165) is 17.7 Å². The third-order valence-electron chi connectivity index (χ3n) is 3.93. The molecule has 3 nitrogen and oxygen atoms in total. The molecule has 0 bridgehead atoms. The summed E-state index contributed by atoms with van der Waals surface area (Å²) in [6, 6.07) is 9.23. The van der Waals surface area contributed by atoms with Crippen molar-refractivity contribution in [1.82, 2.24) is 4.90 Å². The summed E-state index contributed by atoms with van der Waals surface area (Å²) < 4.78 is 12.9. The molecule has 0 aliphatic carbocycles. The zero-order valence-electron chi connectivity index (χ0n) is 12.0. The molecule has 1 aliphatic heterocycles. The standard InChI is InChI=1S/C17H16FNO2S/c18-14-7-5-12(6-8-14)17(21)19-9-1-3-13(11-19)16(20)15-4-2-10-22-15/h2,4-8,10,13H,1,3,9,11H2. The molecule has 1 aliphatic rings. The van der Waals surface area contributed by atoms with Gasteiger partial charge >= 0.3 is 0 Å². The Labute approximate surface area is 132 Å². The highest BCUT2D eigenvalue weighted by molar-refractivity contribution is 7.12. The van der Waals surface area contributed by atoms with Crippen LogP contribution in [0.2, 0.25) is 0 Å². The Bertz CT molecular complexity index is 666. The second-order valence-corrected chi connectivity index (χ2v) is 6.39. The zero-order valence-corrected chi connectivity index (χ0v) is 12.8. The molecule has 1 unspecified atom stereocenters. The molecule has 1 atom stereocenters. The van der Waals surface area contributed by atoms with Gasteiger partial charge in [0.05, 0.1) is 4.88 Å². The molecule has 1 aromatic carbocycles. The number of piperidine rings is 1. The van der Waals surface area contributed by atoms with Crippen LogP contribution in [0.3, 0.4) is 0 Å². The van der Waals surface area contributed by atoms with E-state index < -0.39 is 0 Å². The van der Waals surface area contributed by atoms with Gasteiger partial charge in [-0.3, -0.25) is 9.59 Å². The average Bonchev–Trinajstić information content (AvgIpc) is 3.09. The lowest BCUT2D eigenvalue weighted by Gasteiger charge is -2.32. The molecular weight excluding hydrogens is 301 g/mol. The third kappa shape index (κ3) is 3.09. The third-order valence-corrected chi connectivity index (χ3v) is 4.82. The van der Waals surface area contributed by atoms with Crippen LogP contribution in [0.15, 0.2) is 41.8 Å². The monoisotopic (exact) mass is 317 g/mol. The number of ketones is 1. The smallest absolute Gasteiger partial charge is 0.253 e. The number of hydrogen-bond acceptors (Lipinski definition) is 3. The number of halogens is 1. The predicted octanol–water partition coefficient (Wildman–Crippen LogP) is 3.62. The van der Waals surface area contributed by atoms with Gasteiger partial charge in [0.2, 0.25) is 0 Å². The highest BCUT2D eigenvalue weighted by atomic mass is 32.1. The molecule has 2 heterocycles. The van der Waals surface area contributed by atoms with Crippen LogP contribution in [0.25, 0.3) is 0 Å². The van der Waals surface area contributed by atoms with Gasteiger partial charge < -0.3 is 4.90 Å². The van der Waals surface area contributed by atoms with E-state index in [1.807, 2.05) is 17.5 Å². The van der Waals surface area contributed by atoms with E-state index in [1.54, 1.807) is 4.90 Å². The Balaban J connectivity index is 1.71. The summed E-state index contributed by atoms with van der Waals surface area (Å²) in [5.74, 6) is -0.520. The van der Waals surface area contributed by atoms with Gasteiger partial charge in [-0.1, -0.05) is 6.07 Å². The quantitative estimate of drug-likeness (QED) is 0.811. The Hall–Kier alpha value is -2.01. The second kappa shape index (κ2) is 6.40. The molecule has 3 rings (SSSR count). The van der Waals surface area contributed by atoms with Crippen LogP contribution >= 0.6 is 11.3 Å². The lowest BCUT2D eigenvalue weighted by Crippen LogP contribution is -2.42. The van der Waals surface area contributed by atoms with Crippen LogP contribution in [-0.2, 0) is 0 Å². The fourth-order valence-corrected chi connectivity index (χ4v) is 3.51. The molecule has 0 spiro atoms. The molecule has 0 saturated carbocycles. The number of carbonyl (C=O) groups excluding carboxylic acids is 2. The highest BCUT2D eigenvalue weighted by Gasteiger charge is 2.29. The topological polar surface area (TPSA) is 37.4 Å². The van der Waals surface area contributed by atoms with Crippen molar-refractivity contribution in [2.45, 2.75) is 12.8 Å². The first-order chi connectivity index (χ1) is 10.6. The Morgan fingerprint density at radius 1 is 1.18 bits per heavy atom. The van der Waals surface area contributed by atoms with Crippen molar-refractivity contribution in [3.05, 3.63) is 58.0 Å². The first kappa shape index (κ1) is 14.9. The van der Waals surface area contributed by atoms with Crippen molar-refractivity contribution in [1.29, 1.82) is 0 Å². The maximum atomic E-state index is 12.9. The number of Topliss-reactive ketones (excluding diaryl/α,β-unsaturated/α-hetero) is 1. The lowest BCUT2D eigenvalue weighted by atomic mass is 9.92. The van der Waals surface area contributed by atoms with Crippen LogP contribution in [0.1, 0.15) is 32.9 Å². The number of rotatable bonds is 3. The number of hydrogen-bond donors (Lipinski definition) is 0. The first-order valence-corrected chi connectivity index (χ1v) is 8.15. The number of amides is 1. The second-order valence-electron chi connectivity index (χ2n) is 5.44. The fraction of sp³-hybridized carbons (Fsp3) is 0.294. The summed E-state index contributed by atoms with van der Waals surface area (Å²) in [6.07, 6.45) is 1.62. The molecule has 5 heteroatoms. The summed E-state index contributed by atoms with van der Waals surface area (Å²) >= 11 is 1.44. The fourth-order valence-electron chi connectivity index (χ4n) is 2.77. The molecule has 1 aromatic heterocycles. The van der Waals surface area contributed by atoms with Crippen molar-refractivity contribution < 1.29 is 14.0 Å². The van der Waals surface area contributed by atoms with Gasteiger partial charge in [0, 0.05) is 24.6 Å². The van der Waals surface area contributed by atoms with Gasteiger partial charge in [0.15, 0.2) is 5.78 Å². The molecule has 1 fully saturated rings. The molecule has 114 valence electrons. The van der Waals surface area contributed by atoms with Crippen molar-refractivity contribution >= 4 is 23.0 Å². The van der Waals surface area contributed by atoms with E-state index in [0.29, 0.717) is 18.7 Å². The minimum absolute atomic E-state index is 0.117. The van der Waals surface area contributed by atoms with Gasteiger partial charge in [-0.25, -0.2) is 4.39 Å². The summed E-state index contributed by atoms with van der Waals surface area (Å²) in [5.41, 5.74) is 0.464. The zero-order chi connectivity index (χ0) is 15.5. The van der Waals surface area contributed by atoms with Gasteiger partial charge in [-0.05, 0) is 48.6 Å². The molecular formula is C17H16FNO2S. The minimum Gasteiger partial charge on any atom is -0.338 e. The van der Waals surface area contributed by atoms with Gasteiger partial charge in [-0.2, -0.15) is 0 Å². The van der Waals surface area contributed by atoms with E-state index in [1.165, 1.54) is 35.6 Å². The van der Waals surface area contributed by atoms with Crippen molar-refractivity contribution in [3.63, 3.8) is 0 Å². The summed E-state index contributed by atoms with van der Waals surface area (Å²) in [4.78, 5) is 27.3. The first-order valence-electron chi connectivity index (χ1n) is 7.27. The summed E-state index contributed by atoms with van der Waals surface area (Å²) in [7, 11) is 0. The normalized spacial score (nSPS) is 18.2. The van der Waals surface area contributed by atoms with Gasteiger partial charge in [0.1, 0.15) is 5.82 Å². The molecule has 0 N–H and O–H groups in total. The molecule has 0 radical (unpaired) electrons. The van der Waals surface area contributed by atoms with E-state index >= 15 is 0 Å². The predicted molar refractivity (Wildman–Crippen MR) is 83.7 cm³/mol. The van der Waals surface area contributed by atoms with Crippen molar-refractivity contribution in [2.75, 3.05) is 13.1 Å². The minimum atomic E-state index is -0.360. The number of thiophene rings is 1. The molecule has 2 aromatic rings. The molecule has 1 amide bonds. The van der Waals surface area contributed by atoms with Gasteiger partial charge in [0.25, 0.3) is 5.91 Å². The van der Waals surface area contributed by atoms with E-state index in [2.05, 4.69) is 0 Å². The molecule has 1 saturated heterocycles. The van der Waals surface area contributed by atoms with Crippen LogP contribution in [-0.4, -0.2) is 29.7 Å². The number of likely N-dealkylation sites (tertiary alicyclic amines) is 1. The van der Waals surface area contributed by atoms with Crippen LogP contribution < -0.4 is 0 Å². The van der Waals surface area contributed by atoms with Crippen LogP contribution in [0.4, 0.5) is 4.39 Å². The number of benzene rings is 1. The number of carbonyl (C=O) groups is 2. The summed E-state index contributed by atoms with van der Waals surface area (Å²) in [5, 5.41) is 1.89. The average molecular weight is 317 g/mol. The Morgan fingerprint density at radius 3 is 2.64 bits per heavy atom. The Kier molecular flexibility index (Phi) is 4.34. The summed E-state index contributed by atoms with van der Waals surface area (Å²) in [6.45, 7) is 1.08. The molecule has 22 heavy (non-hydrogen) atoms. The number of nitrogens with zero attached hydrogens (tertiary/aromatic N) is 1. The Morgan fingerprint density at radius 2 is 1.95 bits per heavy atom. The van der Waals surface area contributed by atoms with E-state index in [4.69, 9.17) is 0 Å². The van der Waals surface area contributed by atoms with E-state index in [-0.39, 0.29) is 23.4 Å². The van der Waals surface area contributed by atoms with Crippen molar-refractivity contribution in [3.8, 4) is 0 Å². The van der Waals surface area contributed by atoms with Gasteiger partial charge in [-0.15, -0.1) is 11.3 Å². The maximum absolute atomic E-state index is 12.9. The maximum Gasteiger partial charge on any atom is 0.253 e. The van der Waals surface area contributed by atoms with Crippen molar-refractivity contribution in [2.24, 2.45) is 5.92 Å². The van der Waals surface area contributed by atoms with Crippen LogP contribution in [0, 0.1) is 11.7 Å².